The van der Waals surface area contributed by atoms with Gasteiger partial charge in [0, 0.05) is 12.6 Å². The summed E-state index contributed by atoms with van der Waals surface area (Å²) in [7, 11) is 0. The van der Waals surface area contributed by atoms with Crippen LogP contribution in [0.1, 0.15) is 31.4 Å². The maximum atomic E-state index is 13.5. The van der Waals surface area contributed by atoms with Crippen molar-refractivity contribution in [2.75, 3.05) is 13.1 Å². The van der Waals surface area contributed by atoms with Crippen molar-refractivity contribution in [3.05, 3.63) is 34.6 Å². The van der Waals surface area contributed by atoms with E-state index in [1.54, 1.807) is 6.07 Å². The molecule has 0 spiro atoms. The molecule has 1 aliphatic heterocycles. The summed E-state index contributed by atoms with van der Waals surface area (Å²) in [5.74, 6) is -0.361. The molecule has 0 radical (unpaired) electrons. The normalized spacial score (nSPS) is 25.4. The molecule has 1 aliphatic rings. The molecule has 2 N–H and O–H groups in total. The SMILES string of the molecule is CCCN1CC[C@@H](N)[C@@H]1c1ccc(Cl)c(F)c1. The number of likely N-dealkylation sites (tertiary alicyclic amines) is 1. The summed E-state index contributed by atoms with van der Waals surface area (Å²) < 4.78 is 13.5. The summed E-state index contributed by atoms with van der Waals surface area (Å²) in [4.78, 5) is 2.33. The Labute approximate surface area is 107 Å². The van der Waals surface area contributed by atoms with Gasteiger partial charge in [-0.25, -0.2) is 4.39 Å². The Bertz CT molecular complexity index is 395. The Morgan fingerprint density at radius 3 is 2.94 bits per heavy atom. The first-order valence-corrected chi connectivity index (χ1v) is 6.46. The number of hydrogen-bond donors (Lipinski definition) is 1. The van der Waals surface area contributed by atoms with Crippen LogP contribution < -0.4 is 5.73 Å². The van der Waals surface area contributed by atoms with Crippen LogP contribution in [0.15, 0.2) is 18.2 Å². The smallest absolute Gasteiger partial charge is 0.142 e. The highest BCUT2D eigenvalue weighted by atomic mass is 35.5. The van der Waals surface area contributed by atoms with Gasteiger partial charge in [-0.15, -0.1) is 0 Å². The third-order valence-corrected chi connectivity index (χ3v) is 3.65. The fraction of sp³-hybridized carbons (Fsp3) is 0.538. The quantitative estimate of drug-likeness (QED) is 0.901. The zero-order valence-corrected chi connectivity index (χ0v) is 10.8. The molecule has 1 saturated heterocycles. The first kappa shape index (κ1) is 12.8. The summed E-state index contributed by atoms with van der Waals surface area (Å²) in [5, 5.41) is 0.169. The molecular weight excluding hydrogens is 239 g/mol. The van der Waals surface area contributed by atoms with Crippen LogP contribution in [0.25, 0.3) is 0 Å². The Morgan fingerprint density at radius 2 is 2.29 bits per heavy atom. The second-order valence-corrected chi connectivity index (χ2v) is 5.01. The minimum absolute atomic E-state index is 0.0853. The van der Waals surface area contributed by atoms with Gasteiger partial charge in [-0.05, 0) is 37.1 Å². The van der Waals surface area contributed by atoms with Gasteiger partial charge in [0.15, 0.2) is 0 Å². The van der Waals surface area contributed by atoms with Crippen molar-refractivity contribution in [2.45, 2.75) is 31.8 Å². The lowest BCUT2D eigenvalue weighted by molar-refractivity contribution is 0.248. The molecule has 0 aliphatic carbocycles. The Balaban J connectivity index is 2.26. The highest BCUT2D eigenvalue weighted by Crippen LogP contribution is 2.32. The van der Waals surface area contributed by atoms with E-state index in [9.17, 15) is 4.39 Å². The third-order valence-electron chi connectivity index (χ3n) is 3.34. The topological polar surface area (TPSA) is 29.3 Å². The van der Waals surface area contributed by atoms with Crippen LogP contribution in [0.2, 0.25) is 5.02 Å². The molecule has 17 heavy (non-hydrogen) atoms. The lowest BCUT2D eigenvalue weighted by Gasteiger charge is -2.26. The predicted octanol–water partition coefficient (Wildman–Crippen LogP) is 2.96. The highest BCUT2D eigenvalue weighted by molar-refractivity contribution is 6.30. The number of halogens is 2. The summed E-state index contributed by atoms with van der Waals surface area (Å²) in [6, 6.07) is 5.22. The second kappa shape index (κ2) is 5.34. The van der Waals surface area contributed by atoms with E-state index in [4.69, 9.17) is 17.3 Å². The molecule has 1 fully saturated rings. The zero-order valence-electron chi connectivity index (χ0n) is 10.00. The van der Waals surface area contributed by atoms with E-state index in [1.165, 1.54) is 6.07 Å². The van der Waals surface area contributed by atoms with E-state index < -0.39 is 0 Å². The van der Waals surface area contributed by atoms with Gasteiger partial charge in [0.2, 0.25) is 0 Å². The van der Waals surface area contributed by atoms with Crippen LogP contribution in [0.3, 0.4) is 0 Å². The van der Waals surface area contributed by atoms with Gasteiger partial charge in [-0.2, -0.15) is 0 Å². The van der Waals surface area contributed by atoms with Gasteiger partial charge in [-0.1, -0.05) is 24.6 Å². The fourth-order valence-electron chi connectivity index (χ4n) is 2.58. The fourth-order valence-corrected chi connectivity index (χ4v) is 2.69. The van der Waals surface area contributed by atoms with Crippen molar-refractivity contribution in [1.82, 2.24) is 4.90 Å². The highest BCUT2D eigenvalue weighted by Gasteiger charge is 2.32. The molecule has 4 heteroatoms. The van der Waals surface area contributed by atoms with Gasteiger partial charge in [0.05, 0.1) is 11.1 Å². The first-order valence-electron chi connectivity index (χ1n) is 6.08. The number of benzene rings is 1. The van der Waals surface area contributed by atoms with E-state index >= 15 is 0 Å². The average molecular weight is 257 g/mol. The molecule has 2 nitrogen and oxygen atoms in total. The van der Waals surface area contributed by atoms with Crippen LogP contribution >= 0.6 is 11.6 Å². The summed E-state index contributed by atoms with van der Waals surface area (Å²) in [5.41, 5.74) is 7.06. The molecule has 1 aromatic rings. The Hall–Kier alpha value is -0.640. The average Bonchev–Trinajstić information content (AvgIpc) is 2.65. The summed E-state index contributed by atoms with van der Waals surface area (Å²) >= 11 is 5.70. The van der Waals surface area contributed by atoms with Gasteiger partial charge in [0.1, 0.15) is 5.82 Å². The van der Waals surface area contributed by atoms with E-state index in [0.29, 0.717) is 0 Å². The summed E-state index contributed by atoms with van der Waals surface area (Å²) in [6.07, 6.45) is 2.05. The van der Waals surface area contributed by atoms with Crippen LogP contribution in [0.4, 0.5) is 4.39 Å². The van der Waals surface area contributed by atoms with E-state index in [1.807, 2.05) is 6.07 Å². The third kappa shape index (κ3) is 2.62. The maximum Gasteiger partial charge on any atom is 0.142 e. The lowest BCUT2D eigenvalue weighted by atomic mass is 10.0. The zero-order chi connectivity index (χ0) is 12.4. The van der Waals surface area contributed by atoms with Crippen LogP contribution in [-0.2, 0) is 0 Å². The van der Waals surface area contributed by atoms with Crippen molar-refractivity contribution in [2.24, 2.45) is 5.73 Å². The van der Waals surface area contributed by atoms with Gasteiger partial charge in [0.25, 0.3) is 0 Å². The van der Waals surface area contributed by atoms with Crippen LogP contribution in [-0.4, -0.2) is 24.0 Å². The molecule has 1 aromatic carbocycles. The minimum atomic E-state index is -0.361. The number of nitrogens with zero attached hydrogens (tertiary/aromatic N) is 1. The van der Waals surface area contributed by atoms with Crippen molar-refractivity contribution >= 4 is 11.6 Å². The van der Waals surface area contributed by atoms with Gasteiger partial charge < -0.3 is 5.73 Å². The molecule has 2 atom stereocenters. The molecule has 1 heterocycles. The Kier molecular flexibility index (Phi) is 4.02. The minimum Gasteiger partial charge on any atom is -0.326 e. The Morgan fingerprint density at radius 1 is 1.53 bits per heavy atom. The van der Waals surface area contributed by atoms with Crippen LogP contribution in [0.5, 0.6) is 0 Å². The largest absolute Gasteiger partial charge is 0.326 e. The van der Waals surface area contributed by atoms with Crippen molar-refractivity contribution < 1.29 is 4.39 Å². The number of nitrogens with two attached hydrogens (primary N) is 1. The van der Waals surface area contributed by atoms with Gasteiger partial charge in [-0.3, -0.25) is 4.90 Å². The van der Waals surface area contributed by atoms with Crippen molar-refractivity contribution in [3.8, 4) is 0 Å². The number of rotatable bonds is 3. The monoisotopic (exact) mass is 256 g/mol. The first-order chi connectivity index (χ1) is 8.13. The molecule has 0 bridgehead atoms. The molecule has 2 rings (SSSR count). The van der Waals surface area contributed by atoms with Gasteiger partial charge >= 0.3 is 0 Å². The molecule has 0 aromatic heterocycles. The molecule has 0 saturated carbocycles. The maximum absolute atomic E-state index is 13.5. The van der Waals surface area contributed by atoms with E-state index in [-0.39, 0.29) is 22.9 Å². The van der Waals surface area contributed by atoms with Crippen molar-refractivity contribution in [1.29, 1.82) is 0 Å². The molecule has 0 unspecified atom stereocenters. The van der Waals surface area contributed by atoms with E-state index in [0.717, 1.165) is 31.5 Å². The summed E-state index contributed by atoms with van der Waals surface area (Å²) in [6.45, 7) is 4.13. The molecule has 94 valence electrons. The van der Waals surface area contributed by atoms with Crippen LogP contribution in [0, 0.1) is 5.82 Å². The second-order valence-electron chi connectivity index (χ2n) is 4.61. The number of hydrogen-bond acceptors (Lipinski definition) is 2. The van der Waals surface area contributed by atoms with E-state index in [2.05, 4.69) is 11.8 Å². The molecule has 0 amide bonds. The standard InChI is InChI=1S/C13H18ClFN2/c1-2-6-17-7-5-12(16)13(17)9-3-4-10(14)11(15)8-9/h3-4,8,12-13H,2,5-7,16H2,1H3/t12-,13+/m1/s1. The lowest BCUT2D eigenvalue weighted by Crippen LogP contribution is -2.32. The molecular formula is C13H18ClFN2. The predicted molar refractivity (Wildman–Crippen MR) is 68.6 cm³/mol. The van der Waals surface area contributed by atoms with Crippen molar-refractivity contribution in [3.63, 3.8) is 0 Å².